The van der Waals surface area contributed by atoms with Crippen LogP contribution >= 0.6 is 0 Å². The Bertz CT molecular complexity index is 1130. The van der Waals surface area contributed by atoms with Gasteiger partial charge in [-0.25, -0.2) is 17.7 Å². The number of benzene rings is 1. The highest BCUT2D eigenvalue weighted by molar-refractivity contribution is 7.90. The van der Waals surface area contributed by atoms with E-state index in [2.05, 4.69) is 9.88 Å². The molecule has 2 bridgehead atoms. The van der Waals surface area contributed by atoms with Gasteiger partial charge in [-0.1, -0.05) is 0 Å². The summed E-state index contributed by atoms with van der Waals surface area (Å²) in [5, 5.41) is 0. The van der Waals surface area contributed by atoms with E-state index in [1.165, 1.54) is 18.2 Å². The monoisotopic (exact) mass is 398 g/mol. The van der Waals surface area contributed by atoms with Crippen molar-refractivity contribution in [1.82, 2.24) is 9.29 Å². The molecule has 0 aliphatic carbocycles. The maximum atomic E-state index is 13.4. The number of sulfonamides is 1. The molecule has 1 saturated heterocycles. The largest absolute Gasteiger partial charge is 0.366 e. The summed E-state index contributed by atoms with van der Waals surface area (Å²) < 4.78 is 26.2. The predicted molar refractivity (Wildman–Crippen MR) is 102 cm³/mol. The number of nitrogens with zero attached hydrogens (tertiary/aromatic N) is 4. The van der Waals surface area contributed by atoms with Crippen molar-refractivity contribution in [2.75, 3.05) is 29.4 Å². The van der Waals surface area contributed by atoms with Gasteiger partial charge >= 0.3 is 0 Å². The minimum atomic E-state index is -3.91. The fraction of sp³-hybridized carbons (Fsp3) is 0.316. The molecule has 1 atom stereocenters. The zero-order valence-electron chi connectivity index (χ0n) is 15.2. The Kier molecular flexibility index (Phi) is 3.54. The second-order valence-corrected chi connectivity index (χ2v) is 8.93. The van der Waals surface area contributed by atoms with Gasteiger partial charge in [0.15, 0.2) is 5.82 Å². The zero-order valence-corrected chi connectivity index (χ0v) is 16.0. The number of hydrogen-bond acceptors (Lipinski definition) is 6. The van der Waals surface area contributed by atoms with Crippen molar-refractivity contribution in [3.05, 3.63) is 47.7 Å². The predicted octanol–water partition coefficient (Wildman–Crippen LogP) is 1.49. The lowest BCUT2D eigenvalue weighted by Crippen LogP contribution is -2.46. The van der Waals surface area contributed by atoms with E-state index in [-0.39, 0.29) is 34.5 Å². The summed E-state index contributed by atoms with van der Waals surface area (Å²) >= 11 is 0. The number of fused-ring (bicyclic) bond motifs is 5. The summed E-state index contributed by atoms with van der Waals surface area (Å²) in [5.41, 5.74) is 1.26. The zero-order chi connectivity index (χ0) is 19.6. The van der Waals surface area contributed by atoms with Gasteiger partial charge in [0.05, 0.1) is 17.3 Å². The van der Waals surface area contributed by atoms with Crippen LogP contribution in [0.3, 0.4) is 0 Å². The van der Waals surface area contributed by atoms with Crippen LogP contribution in [0, 0.1) is 0 Å². The van der Waals surface area contributed by atoms with Gasteiger partial charge in [0.25, 0.3) is 21.8 Å². The van der Waals surface area contributed by atoms with Crippen LogP contribution in [0.25, 0.3) is 0 Å². The summed E-state index contributed by atoms with van der Waals surface area (Å²) in [6, 6.07) is 8.06. The molecule has 5 rings (SSSR count). The molecule has 8 nitrogen and oxygen atoms in total. The van der Waals surface area contributed by atoms with Gasteiger partial charge in [0.1, 0.15) is 4.90 Å². The maximum absolute atomic E-state index is 13.4. The normalized spacial score (nSPS) is 21.7. The summed E-state index contributed by atoms with van der Waals surface area (Å²) in [7, 11) is -3.91. The Labute approximate surface area is 162 Å². The van der Waals surface area contributed by atoms with E-state index in [0.29, 0.717) is 5.82 Å². The first-order chi connectivity index (χ1) is 13.4. The molecule has 0 spiro atoms. The second kappa shape index (κ2) is 5.78. The number of carbonyl (C=O) groups excluding carboxylic acids is 2. The lowest BCUT2D eigenvalue weighted by Gasteiger charge is -2.35. The van der Waals surface area contributed by atoms with E-state index in [1.807, 2.05) is 12.1 Å². The molecular formula is C19H18N4O4S. The fourth-order valence-electron chi connectivity index (χ4n) is 4.29. The van der Waals surface area contributed by atoms with Crippen molar-refractivity contribution in [1.29, 1.82) is 0 Å². The van der Waals surface area contributed by atoms with Crippen molar-refractivity contribution < 1.29 is 18.0 Å². The average Bonchev–Trinajstić information content (AvgIpc) is 3.19. The summed E-state index contributed by atoms with van der Waals surface area (Å²) in [6.45, 7) is 3.25. The van der Waals surface area contributed by atoms with E-state index in [4.69, 9.17) is 0 Å². The van der Waals surface area contributed by atoms with Crippen molar-refractivity contribution in [2.45, 2.75) is 24.3 Å². The van der Waals surface area contributed by atoms with Crippen molar-refractivity contribution in [2.24, 2.45) is 0 Å². The lowest BCUT2D eigenvalue weighted by molar-refractivity contribution is 0.0874. The number of rotatable bonds is 2. The number of aromatic nitrogens is 1. The highest BCUT2D eigenvalue weighted by atomic mass is 32.2. The standard InChI is InChI=1S/C19H18N4O4S/c1-2-22-19(25)14-6-5-12(10-16(14)28(22,26)27)18(24)23-13-7-9-21(11-13)15-4-3-8-20-17(15)23/h3-6,8,10,13H,2,7,9,11H2,1H3. The molecular weight excluding hydrogens is 380 g/mol. The minimum Gasteiger partial charge on any atom is -0.366 e. The third kappa shape index (κ3) is 2.16. The van der Waals surface area contributed by atoms with Gasteiger partial charge in [-0.15, -0.1) is 0 Å². The molecule has 1 aromatic heterocycles. The van der Waals surface area contributed by atoms with Crippen molar-refractivity contribution >= 4 is 33.3 Å². The molecule has 0 N–H and O–H groups in total. The SMILES string of the molecule is CCN1C(=O)c2ccc(C(=O)N3c4ncccc4N4CCC3C4)cc2S1(=O)=O. The highest BCUT2D eigenvalue weighted by Crippen LogP contribution is 2.39. The van der Waals surface area contributed by atoms with Gasteiger partial charge in [-0.3, -0.25) is 14.5 Å². The average molecular weight is 398 g/mol. The van der Waals surface area contributed by atoms with Gasteiger partial charge < -0.3 is 4.90 Å². The Balaban J connectivity index is 1.59. The Hall–Kier alpha value is -2.94. The van der Waals surface area contributed by atoms with Crippen LogP contribution in [0.2, 0.25) is 0 Å². The molecule has 2 amide bonds. The number of amides is 2. The van der Waals surface area contributed by atoms with Crippen LogP contribution in [0.5, 0.6) is 0 Å². The van der Waals surface area contributed by atoms with Crippen LogP contribution in [-0.2, 0) is 10.0 Å². The van der Waals surface area contributed by atoms with Gasteiger partial charge in [0.2, 0.25) is 0 Å². The molecule has 1 fully saturated rings. The van der Waals surface area contributed by atoms with E-state index in [0.717, 1.165) is 29.5 Å². The van der Waals surface area contributed by atoms with Crippen molar-refractivity contribution in [3.8, 4) is 0 Å². The van der Waals surface area contributed by atoms with E-state index < -0.39 is 15.9 Å². The first-order valence-electron chi connectivity index (χ1n) is 9.18. The summed E-state index contributed by atoms with van der Waals surface area (Å²) in [4.78, 5) is 33.9. The van der Waals surface area contributed by atoms with Crippen molar-refractivity contribution in [3.63, 3.8) is 0 Å². The molecule has 28 heavy (non-hydrogen) atoms. The summed E-state index contributed by atoms with van der Waals surface area (Å²) in [6.07, 6.45) is 2.48. The minimum absolute atomic E-state index is 0.00599. The van der Waals surface area contributed by atoms with Gasteiger partial charge in [-0.05, 0) is 43.7 Å². The first kappa shape index (κ1) is 17.2. The molecule has 1 unspecified atom stereocenters. The smallest absolute Gasteiger partial charge is 0.268 e. The maximum Gasteiger partial charge on any atom is 0.268 e. The quantitative estimate of drug-likeness (QED) is 0.761. The van der Waals surface area contributed by atoms with Crippen LogP contribution in [0.1, 0.15) is 34.1 Å². The molecule has 3 aliphatic rings. The van der Waals surface area contributed by atoms with Gasteiger partial charge in [-0.2, -0.15) is 0 Å². The molecule has 2 aromatic rings. The molecule has 4 heterocycles. The Morgan fingerprint density at radius 1 is 1.29 bits per heavy atom. The first-order valence-corrected chi connectivity index (χ1v) is 10.6. The third-order valence-electron chi connectivity index (χ3n) is 5.62. The van der Waals surface area contributed by atoms with Crippen LogP contribution in [0.15, 0.2) is 41.4 Å². The molecule has 9 heteroatoms. The topological polar surface area (TPSA) is 90.9 Å². The number of hydrogen-bond donors (Lipinski definition) is 0. The highest BCUT2D eigenvalue weighted by Gasteiger charge is 2.43. The van der Waals surface area contributed by atoms with Crippen LogP contribution in [-0.4, -0.2) is 55.2 Å². The van der Waals surface area contributed by atoms with Crippen LogP contribution < -0.4 is 9.80 Å². The lowest BCUT2D eigenvalue weighted by atomic mass is 10.1. The van der Waals surface area contributed by atoms with E-state index in [1.54, 1.807) is 18.0 Å². The Morgan fingerprint density at radius 2 is 2.11 bits per heavy atom. The molecule has 144 valence electrons. The van der Waals surface area contributed by atoms with E-state index >= 15 is 0 Å². The van der Waals surface area contributed by atoms with E-state index in [9.17, 15) is 18.0 Å². The number of carbonyl (C=O) groups is 2. The Morgan fingerprint density at radius 3 is 2.89 bits per heavy atom. The molecule has 0 saturated carbocycles. The molecule has 0 radical (unpaired) electrons. The second-order valence-electron chi connectivity index (χ2n) is 7.10. The van der Waals surface area contributed by atoms with Gasteiger partial charge in [0, 0.05) is 31.4 Å². The fourth-order valence-corrected chi connectivity index (χ4v) is 5.89. The third-order valence-corrected chi connectivity index (χ3v) is 7.52. The van der Waals surface area contributed by atoms with Crippen LogP contribution in [0.4, 0.5) is 11.5 Å². The molecule has 1 aromatic carbocycles. The number of anilines is 2. The number of pyridine rings is 1. The molecule has 3 aliphatic heterocycles. The summed E-state index contributed by atoms with van der Waals surface area (Å²) in [5.74, 6) is -0.254.